The third-order valence-corrected chi connectivity index (χ3v) is 12.2. The SMILES string of the molecule is CC/C=C\C/C=C\C/C=C\C/C=C\C/C=C\C/C=C\CCCCCCCCCCCCCCC(=O)O.CC/C=C\C/C=C\C/C=C\C/C=C\C/C=C\C/C=C\CCCCCCCCCCCCCCCO. The largest absolute Gasteiger partial charge is 0.481 e. The van der Waals surface area contributed by atoms with Crippen LogP contribution in [0.5, 0.6) is 0 Å². The first-order valence-electron chi connectivity index (χ1n) is 29.8. The van der Waals surface area contributed by atoms with Crippen molar-refractivity contribution in [1.82, 2.24) is 0 Å². The summed E-state index contributed by atoms with van der Waals surface area (Å²) in [5, 5.41) is 17.4. The Morgan fingerprint density at radius 2 is 0.437 bits per heavy atom. The number of carbonyl (C=O) groups is 1. The topological polar surface area (TPSA) is 57.5 Å². The number of unbranched alkanes of at least 4 members (excludes halogenated alkanes) is 25. The molecule has 0 fully saturated rings. The van der Waals surface area contributed by atoms with E-state index in [4.69, 9.17) is 10.2 Å². The minimum Gasteiger partial charge on any atom is -0.481 e. The molecule has 0 atom stereocenters. The van der Waals surface area contributed by atoms with Gasteiger partial charge in [-0.15, -0.1) is 0 Å². The molecule has 0 aromatic heterocycles. The predicted octanol–water partition coefficient (Wildman–Crippen LogP) is 22.4. The summed E-state index contributed by atoms with van der Waals surface area (Å²) in [4.78, 5) is 10.5. The van der Waals surface area contributed by atoms with Crippen molar-refractivity contribution in [3.8, 4) is 0 Å². The lowest BCUT2D eigenvalue weighted by molar-refractivity contribution is -0.137. The maximum Gasteiger partial charge on any atom is 0.303 e. The Bertz CT molecular complexity index is 1410. The summed E-state index contributed by atoms with van der Waals surface area (Å²) >= 11 is 0. The zero-order valence-corrected chi connectivity index (χ0v) is 46.7. The van der Waals surface area contributed by atoms with Crippen LogP contribution >= 0.6 is 0 Å². The Hall–Kier alpha value is -3.69. The summed E-state index contributed by atoms with van der Waals surface area (Å²) in [7, 11) is 0. The van der Waals surface area contributed by atoms with Crippen LogP contribution in [0.3, 0.4) is 0 Å². The molecule has 0 aromatic carbocycles. The van der Waals surface area contributed by atoms with Crippen LogP contribution in [0.15, 0.2) is 146 Å². The van der Waals surface area contributed by atoms with Crippen molar-refractivity contribution in [2.45, 2.75) is 271 Å². The van der Waals surface area contributed by atoms with E-state index in [1.54, 1.807) is 0 Å². The lowest BCUT2D eigenvalue weighted by atomic mass is 10.0. The average Bonchev–Trinajstić information content (AvgIpc) is 3.37. The van der Waals surface area contributed by atoms with Gasteiger partial charge in [0.15, 0.2) is 0 Å². The van der Waals surface area contributed by atoms with Crippen molar-refractivity contribution < 1.29 is 15.0 Å². The molecule has 0 aromatic rings. The van der Waals surface area contributed by atoms with Crippen LogP contribution in [0.1, 0.15) is 271 Å². The molecule has 0 aliphatic heterocycles. The number of aliphatic carboxylic acids is 1. The van der Waals surface area contributed by atoms with Gasteiger partial charge in [-0.25, -0.2) is 0 Å². The summed E-state index contributed by atoms with van der Waals surface area (Å²) in [6, 6.07) is 0. The molecule has 71 heavy (non-hydrogen) atoms. The normalized spacial score (nSPS) is 12.8. The molecule has 3 nitrogen and oxygen atoms in total. The first-order chi connectivity index (χ1) is 35.2. The predicted molar refractivity (Wildman–Crippen MR) is 320 cm³/mol. The zero-order chi connectivity index (χ0) is 51.5. The Morgan fingerprint density at radius 1 is 0.254 bits per heavy atom. The molecule has 0 saturated carbocycles. The summed E-state index contributed by atoms with van der Waals surface area (Å²) in [6.07, 6.45) is 102. The smallest absolute Gasteiger partial charge is 0.303 e. The number of aliphatic hydroxyl groups is 1. The molecule has 0 amide bonds. The molecule has 0 aliphatic carbocycles. The first kappa shape index (κ1) is 69.4. The molecule has 0 radical (unpaired) electrons. The number of carboxylic acids is 1. The van der Waals surface area contributed by atoms with Crippen LogP contribution < -0.4 is 0 Å². The van der Waals surface area contributed by atoms with Crippen LogP contribution in [0, 0.1) is 0 Å². The summed E-state index contributed by atoms with van der Waals surface area (Å²) in [5.74, 6) is -0.660. The van der Waals surface area contributed by atoms with E-state index in [0.717, 1.165) is 96.3 Å². The number of allylic oxidation sites excluding steroid dienone is 24. The van der Waals surface area contributed by atoms with Gasteiger partial charge >= 0.3 is 5.97 Å². The maximum atomic E-state index is 10.5. The van der Waals surface area contributed by atoms with E-state index in [1.807, 2.05) is 0 Å². The van der Waals surface area contributed by atoms with Gasteiger partial charge in [-0.3, -0.25) is 4.79 Å². The minimum absolute atomic E-state index is 0.333. The molecule has 0 aliphatic rings. The van der Waals surface area contributed by atoms with E-state index < -0.39 is 5.97 Å². The van der Waals surface area contributed by atoms with E-state index in [0.29, 0.717) is 13.0 Å². The molecule has 0 saturated heterocycles. The third-order valence-electron chi connectivity index (χ3n) is 12.2. The number of aliphatic hydroxyl groups excluding tert-OH is 1. The minimum atomic E-state index is -0.660. The summed E-state index contributed by atoms with van der Waals surface area (Å²) in [5.41, 5.74) is 0. The van der Waals surface area contributed by atoms with Crippen LogP contribution in [0.4, 0.5) is 0 Å². The van der Waals surface area contributed by atoms with Gasteiger partial charge in [0.05, 0.1) is 0 Å². The standard InChI is InChI=1S/C34H56O2.C34H58O/c1-2-3-4-5-6-7-8-9-10-11-12-13-14-15-16-17-18-19-20-21-22-23-24-25-26-27-28-29-30-31-32-33-34(35)36;1-2-3-4-5-6-7-8-9-10-11-12-13-14-15-16-17-18-19-20-21-22-23-24-25-26-27-28-29-30-31-32-33-34-35/h3-4,6-7,9-10,12-13,15-16,18-19H,2,5,8,11,14,17,20-33H2,1H3,(H,35,36);3-4,6-7,9-10,12-13,15-16,18-19,35H,2,5,8,11,14,17,20-34H2,1H3/b2*4-3-,7-6-,10-9-,13-12-,16-15-,19-18-. The molecule has 0 spiro atoms. The van der Waals surface area contributed by atoms with E-state index in [-0.39, 0.29) is 0 Å². The first-order valence-corrected chi connectivity index (χ1v) is 29.8. The molecule has 0 rings (SSSR count). The van der Waals surface area contributed by atoms with Crippen LogP contribution in [0.25, 0.3) is 0 Å². The van der Waals surface area contributed by atoms with Gasteiger partial charge in [0.1, 0.15) is 0 Å². The monoisotopic (exact) mass is 979 g/mol. The highest BCUT2D eigenvalue weighted by Crippen LogP contribution is 2.15. The molecular formula is C68H114O3. The van der Waals surface area contributed by atoms with Crippen molar-refractivity contribution >= 4 is 5.97 Å². The number of rotatable bonds is 52. The van der Waals surface area contributed by atoms with Crippen LogP contribution in [0.2, 0.25) is 0 Å². The quantitative estimate of drug-likeness (QED) is 0.0472. The Balaban J connectivity index is 0. The highest BCUT2D eigenvalue weighted by atomic mass is 16.4. The van der Waals surface area contributed by atoms with Gasteiger partial charge in [0.2, 0.25) is 0 Å². The van der Waals surface area contributed by atoms with Gasteiger partial charge in [-0.05, 0) is 116 Å². The second kappa shape index (κ2) is 68.4. The summed E-state index contributed by atoms with van der Waals surface area (Å²) < 4.78 is 0. The second-order valence-corrected chi connectivity index (χ2v) is 19.1. The Morgan fingerprint density at radius 3 is 0.648 bits per heavy atom. The van der Waals surface area contributed by atoms with E-state index in [1.165, 1.54) is 154 Å². The van der Waals surface area contributed by atoms with Gasteiger partial charge in [-0.2, -0.15) is 0 Å². The van der Waals surface area contributed by atoms with Gasteiger partial charge in [0, 0.05) is 13.0 Å². The summed E-state index contributed by atoms with van der Waals surface area (Å²) in [6.45, 7) is 4.70. The van der Waals surface area contributed by atoms with E-state index in [9.17, 15) is 4.79 Å². The van der Waals surface area contributed by atoms with Crippen molar-refractivity contribution in [3.63, 3.8) is 0 Å². The van der Waals surface area contributed by atoms with Gasteiger partial charge in [0.25, 0.3) is 0 Å². The fourth-order valence-corrected chi connectivity index (χ4v) is 7.90. The number of hydrogen-bond acceptors (Lipinski definition) is 2. The Labute approximate surface area is 442 Å². The molecule has 2 N–H and O–H groups in total. The maximum absolute atomic E-state index is 10.5. The van der Waals surface area contributed by atoms with Crippen molar-refractivity contribution in [3.05, 3.63) is 146 Å². The Kier molecular flexibility index (Phi) is 66.8. The molecule has 0 heterocycles. The highest BCUT2D eigenvalue weighted by molar-refractivity contribution is 5.66. The lowest BCUT2D eigenvalue weighted by Gasteiger charge is -2.02. The molecular weight excluding hydrogens is 865 g/mol. The fraction of sp³-hybridized carbons (Fsp3) is 0.632. The van der Waals surface area contributed by atoms with Gasteiger partial charge < -0.3 is 10.2 Å². The fourth-order valence-electron chi connectivity index (χ4n) is 7.90. The number of carboxylic acid groups (broad SMARTS) is 1. The van der Waals surface area contributed by atoms with Crippen LogP contribution in [-0.4, -0.2) is 22.8 Å². The van der Waals surface area contributed by atoms with Crippen molar-refractivity contribution in [1.29, 1.82) is 0 Å². The molecule has 0 bridgehead atoms. The third kappa shape index (κ3) is 73.0. The van der Waals surface area contributed by atoms with Crippen LogP contribution in [-0.2, 0) is 4.79 Å². The molecule has 0 unspecified atom stereocenters. The number of hydrogen-bond donors (Lipinski definition) is 2. The second-order valence-electron chi connectivity index (χ2n) is 19.1. The highest BCUT2D eigenvalue weighted by Gasteiger charge is 1.98. The lowest BCUT2D eigenvalue weighted by Crippen LogP contribution is -1.93. The van der Waals surface area contributed by atoms with Crippen molar-refractivity contribution in [2.75, 3.05) is 6.61 Å². The van der Waals surface area contributed by atoms with E-state index >= 15 is 0 Å². The van der Waals surface area contributed by atoms with Crippen molar-refractivity contribution in [2.24, 2.45) is 0 Å². The average molecular weight is 980 g/mol. The van der Waals surface area contributed by atoms with E-state index in [2.05, 4.69) is 160 Å². The van der Waals surface area contributed by atoms with Gasteiger partial charge in [-0.1, -0.05) is 295 Å². The zero-order valence-electron chi connectivity index (χ0n) is 46.7. The molecule has 404 valence electrons. The molecule has 3 heteroatoms.